The van der Waals surface area contributed by atoms with Crippen molar-refractivity contribution < 1.29 is 9.90 Å². The number of hydrogen-bond acceptors (Lipinski definition) is 3. The van der Waals surface area contributed by atoms with Crippen LogP contribution in [0.4, 0.5) is 0 Å². The van der Waals surface area contributed by atoms with Crippen molar-refractivity contribution in [1.29, 1.82) is 0 Å². The summed E-state index contributed by atoms with van der Waals surface area (Å²) in [6, 6.07) is 3.91. The molecule has 0 aliphatic carbocycles. The Bertz CT molecular complexity index is 301. The SMILES string of the molecule is CC(CNCCc1cccnc1)C(=O)O. The van der Waals surface area contributed by atoms with Gasteiger partial charge in [-0.2, -0.15) is 0 Å². The molecule has 1 rings (SSSR count). The zero-order valence-electron chi connectivity index (χ0n) is 8.81. The molecule has 82 valence electrons. The highest BCUT2D eigenvalue weighted by Crippen LogP contribution is 1.96. The molecule has 0 aliphatic rings. The van der Waals surface area contributed by atoms with Crippen LogP contribution in [0.5, 0.6) is 0 Å². The third-order valence-corrected chi connectivity index (χ3v) is 2.19. The molecule has 0 saturated carbocycles. The lowest BCUT2D eigenvalue weighted by molar-refractivity contribution is -0.140. The summed E-state index contributed by atoms with van der Waals surface area (Å²) in [5, 5.41) is 11.8. The van der Waals surface area contributed by atoms with Crippen LogP contribution >= 0.6 is 0 Å². The largest absolute Gasteiger partial charge is 0.481 e. The smallest absolute Gasteiger partial charge is 0.307 e. The van der Waals surface area contributed by atoms with Crippen molar-refractivity contribution in [2.45, 2.75) is 13.3 Å². The number of aromatic nitrogens is 1. The topological polar surface area (TPSA) is 62.2 Å². The second-order valence-corrected chi connectivity index (χ2v) is 3.55. The molecule has 1 heterocycles. The van der Waals surface area contributed by atoms with Crippen LogP contribution in [0.25, 0.3) is 0 Å². The minimum Gasteiger partial charge on any atom is -0.481 e. The van der Waals surface area contributed by atoms with Crippen LogP contribution in [0.3, 0.4) is 0 Å². The minimum atomic E-state index is -0.760. The monoisotopic (exact) mass is 208 g/mol. The number of carboxylic acid groups (broad SMARTS) is 1. The number of carboxylic acids is 1. The molecule has 1 aromatic heterocycles. The summed E-state index contributed by atoms with van der Waals surface area (Å²) < 4.78 is 0. The number of nitrogens with one attached hydrogen (secondary N) is 1. The maximum absolute atomic E-state index is 10.5. The zero-order valence-corrected chi connectivity index (χ0v) is 8.81. The number of nitrogens with zero attached hydrogens (tertiary/aromatic N) is 1. The lowest BCUT2D eigenvalue weighted by Gasteiger charge is -2.07. The van der Waals surface area contributed by atoms with E-state index in [-0.39, 0.29) is 5.92 Å². The molecule has 0 aliphatic heterocycles. The fraction of sp³-hybridized carbons (Fsp3) is 0.455. The molecule has 15 heavy (non-hydrogen) atoms. The molecule has 1 unspecified atom stereocenters. The molecule has 2 N–H and O–H groups in total. The van der Waals surface area contributed by atoms with Gasteiger partial charge in [0, 0.05) is 18.9 Å². The highest BCUT2D eigenvalue weighted by Gasteiger charge is 2.08. The van der Waals surface area contributed by atoms with Crippen LogP contribution in [0.15, 0.2) is 24.5 Å². The molecule has 0 spiro atoms. The molecule has 4 nitrogen and oxygen atoms in total. The minimum absolute atomic E-state index is 0.334. The van der Waals surface area contributed by atoms with Crippen molar-refractivity contribution in [3.8, 4) is 0 Å². The van der Waals surface area contributed by atoms with Gasteiger partial charge in [-0.1, -0.05) is 13.0 Å². The van der Waals surface area contributed by atoms with E-state index in [0.717, 1.165) is 18.5 Å². The normalized spacial score (nSPS) is 12.3. The first-order chi connectivity index (χ1) is 7.20. The van der Waals surface area contributed by atoms with Crippen molar-refractivity contribution >= 4 is 5.97 Å². The summed E-state index contributed by atoms with van der Waals surface area (Å²) >= 11 is 0. The third kappa shape index (κ3) is 4.56. The van der Waals surface area contributed by atoms with Crippen LogP contribution < -0.4 is 5.32 Å². The van der Waals surface area contributed by atoms with Crippen molar-refractivity contribution in [3.05, 3.63) is 30.1 Å². The Hall–Kier alpha value is -1.42. The molecule has 0 fully saturated rings. The van der Waals surface area contributed by atoms with Crippen molar-refractivity contribution in [3.63, 3.8) is 0 Å². The summed E-state index contributed by atoms with van der Waals surface area (Å²) in [6.07, 6.45) is 4.44. The van der Waals surface area contributed by atoms with Gasteiger partial charge in [0.05, 0.1) is 5.92 Å². The molecule has 4 heteroatoms. The van der Waals surface area contributed by atoms with Gasteiger partial charge in [-0.05, 0) is 24.6 Å². The zero-order chi connectivity index (χ0) is 11.1. The van der Waals surface area contributed by atoms with E-state index < -0.39 is 5.97 Å². The lowest BCUT2D eigenvalue weighted by atomic mass is 10.2. The Morgan fingerprint density at radius 1 is 1.67 bits per heavy atom. The van der Waals surface area contributed by atoms with Crippen LogP contribution in [0.1, 0.15) is 12.5 Å². The van der Waals surface area contributed by atoms with Gasteiger partial charge >= 0.3 is 5.97 Å². The van der Waals surface area contributed by atoms with E-state index in [0.29, 0.717) is 6.54 Å². The molecule has 0 aromatic carbocycles. The number of rotatable bonds is 6. The maximum atomic E-state index is 10.5. The van der Waals surface area contributed by atoms with E-state index in [4.69, 9.17) is 5.11 Å². The first-order valence-electron chi connectivity index (χ1n) is 5.02. The lowest BCUT2D eigenvalue weighted by Crippen LogP contribution is -2.27. The van der Waals surface area contributed by atoms with Crippen LogP contribution in [-0.2, 0) is 11.2 Å². The Labute approximate surface area is 89.3 Å². The van der Waals surface area contributed by atoms with Gasteiger partial charge in [-0.15, -0.1) is 0 Å². The highest BCUT2D eigenvalue weighted by atomic mass is 16.4. The predicted molar refractivity (Wildman–Crippen MR) is 57.6 cm³/mol. The third-order valence-electron chi connectivity index (χ3n) is 2.19. The summed E-state index contributed by atoms with van der Waals surface area (Å²) in [5.41, 5.74) is 1.16. The molecular weight excluding hydrogens is 192 g/mol. The van der Waals surface area contributed by atoms with E-state index in [1.54, 1.807) is 13.1 Å². The van der Waals surface area contributed by atoms with Crippen molar-refractivity contribution in [2.24, 2.45) is 5.92 Å². The number of aliphatic carboxylic acids is 1. The molecular formula is C11H16N2O2. The van der Waals surface area contributed by atoms with Crippen LogP contribution in [0.2, 0.25) is 0 Å². The average Bonchev–Trinajstić information content (AvgIpc) is 2.25. The van der Waals surface area contributed by atoms with E-state index in [1.165, 1.54) is 0 Å². The Kier molecular flexibility index (Phi) is 4.77. The molecule has 0 amide bonds. The van der Waals surface area contributed by atoms with Gasteiger partial charge in [0.15, 0.2) is 0 Å². The summed E-state index contributed by atoms with van der Waals surface area (Å²) in [7, 11) is 0. The second kappa shape index (κ2) is 6.14. The van der Waals surface area contributed by atoms with E-state index in [9.17, 15) is 4.79 Å². The van der Waals surface area contributed by atoms with Gasteiger partial charge in [-0.3, -0.25) is 9.78 Å². The number of hydrogen-bond donors (Lipinski definition) is 2. The van der Waals surface area contributed by atoms with Crippen molar-refractivity contribution in [1.82, 2.24) is 10.3 Å². The predicted octanol–water partition coefficient (Wildman–Crippen LogP) is 0.934. The Morgan fingerprint density at radius 3 is 3.07 bits per heavy atom. The number of pyridine rings is 1. The number of carbonyl (C=O) groups is 1. The molecule has 0 bridgehead atoms. The molecule has 1 atom stereocenters. The first-order valence-corrected chi connectivity index (χ1v) is 5.02. The van der Waals surface area contributed by atoms with Gasteiger partial charge in [0.25, 0.3) is 0 Å². The molecule has 0 radical (unpaired) electrons. The van der Waals surface area contributed by atoms with Gasteiger partial charge in [0.1, 0.15) is 0 Å². The van der Waals surface area contributed by atoms with E-state index >= 15 is 0 Å². The van der Waals surface area contributed by atoms with E-state index in [2.05, 4.69) is 10.3 Å². The van der Waals surface area contributed by atoms with E-state index in [1.807, 2.05) is 18.3 Å². The quantitative estimate of drug-likeness (QED) is 0.683. The highest BCUT2D eigenvalue weighted by molar-refractivity contribution is 5.69. The van der Waals surface area contributed by atoms with Gasteiger partial charge < -0.3 is 10.4 Å². The second-order valence-electron chi connectivity index (χ2n) is 3.55. The summed E-state index contributed by atoms with van der Waals surface area (Å²) in [6.45, 7) is 2.98. The summed E-state index contributed by atoms with van der Waals surface area (Å²) in [4.78, 5) is 14.5. The van der Waals surface area contributed by atoms with Crippen molar-refractivity contribution in [2.75, 3.05) is 13.1 Å². The molecule has 1 aromatic rings. The Morgan fingerprint density at radius 2 is 2.47 bits per heavy atom. The van der Waals surface area contributed by atoms with Crippen LogP contribution in [0, 0.1) is 5.92 Å². The fourth-order valence-corrected chi connectivity index (χ4v) is 1.18. The molecule has 0 saturated heterocycles. The van der Waals surface area contributed by atoms with Gasteiger partial charge in [-0.25, -0.2) is 0 Å². The summed E-state index contributed by atoms with van der Waals surface area (Å²) in [5.74, 6) is -1.09. The van der Waals surface area contributed by atoms with Crippen LogP contribution in [-0.4, -0.2) is 29.1 Å². The fourth-order valence-electron chi connectivity index (χ4n) is 1.18. The average molecular weight is 208 g/mol. The standard InChI is InChI=1S/C11H16N2O2/c1-9(11(14)15)7-13-6-4-10-3-2-5-12-8-10/h2-3,5,8-9,13H,4,6-7H2,1H3,(H,14,15). The first kappa shape index (κ1) is 11.7. The van der Waals surface area contributed by atoms with Gasteiger partial charge in [0.2, 0.25) is 0 Å². The maximum Gasteiger partial charge on any atom is 0.307 e. The Balaban J connectivity index is 2.15.